The van der Waals surface area contributed by atoms with Crippen LogP contribution in [0.4, 0.5) is 18.9 Å². The minimum atomic E-state index is -5.08. The van der Waals surface area contributed by atoms with Crippen LogP contribution in [0.1, 0.15) is 0 Å². The van der Waals surface area contributed by atoms with Gasteiger partial charge in [0.05, 0.1) is 23.1 Å². The van der Waals surface area contributed by atoms with E-state index in [-0.39, 0.29) is 0 Å². The molecule has 0 spiro atoms. The summed E-state index contributed by atoms with van der Waals surface area (Å²) in [5, 5.41) is 19.1. The Morgan fingerprint density at radius 3 is 2.39 bits per heavy atom. The van der Waals surface area contributed by atoms with Crippen LogP contribution in [-0.2, 0) is 4.79 Å². The van der Waals surface area contributed by atoms with E-state index in [0.717, 1.165) is 48.5 Å². The number of nitrogens with zero attached hydrogens (tertiary/aromatic N) is 3. The van der Waals surface area contributed by atoms with Crippen LogP contribution in [-0.4, -0.2) is 58.6 Å². The van der Waals surface area contributed by atoms with Gasteiger partial charge in [0.15, 0.2) is 0 Å². The Hall–Kier alpha value is -3.14. The number of benzene rings is 1. The summed E-state index contributed by atoms with van der Waals surface area (Å²) in [5.74, 6) is -2.76. The van der Waals surface area contributed by atoms with Crippen molar-refractivity contribution in [2.45, 2.75) is 6.18 Å². The molecule has 0 aliphatic carbocycles. The van der Waals surface area contributed by atoms with Crippen LogP contribution in [0, 0.1) is 0 Å². The van der Waals surface area contributed by atoms with E-state index in [0.29, 0.717) is 0 Å². The van der Waals surface area contributed by atoms with E-state index in [2.05, 4.69) is 43.6 Å². The third kappa shape index (κ3) is 4.58. The van der Waals surface area contributed by atoms with Gasteiger partial charge in [-0.3, -0.25) is 10.1 Å². The van der Waals surface area contributed by atoms with Crippen molar-refractivity contribution in [3.63, 3.8) is 0 Å². The topological polar surface area (TPSA) is 94.1 Å². The second kappa shape index (κ2) is 8.26. The van der Waals surface area contributed by atoms with Crippen LogP contribution < -0.4 is 10.2 Å². The molecule has 28 heavy (non-hydrogen) atoms. The van der Waals surface area contributed by atoms with Gasteiger partial charge in [-0.2, -0.15) is 18.3 Å². The van der Waals surface area contributed by atoms with Crippen molar-refractivity contribution < 1.29 is 23.1 Å². The van der Waals surface area contributed by atoms with E-state index >= 15 is 0 Å². The van der Waals surface area contributed by atoms with E-state index in [1.54, 1.807) is 0 Å². The summed E-state index contributed by atoms with van der Waals surface area (Å²) in [6.45, 7) is 4.14. The Morgan fingerprint density at radius 1 is 1.11 bits per heavy atom. The maximum absolute atomic E-state index is 10.6. The fraction of sp³-hybridized carbons (Fsp3) is 0.278. The number of piperazine rings is 1. The number of fused-ring (bicyclic) bond motifs is 1. The average molecular weight is 393 g/mol. The number of alkyl halides is 3. The predicted molar refractivity (Wildman–Crippen MR) is 98.1 cm³/mol. The number of aromatic amines is 1. The largest absolute Gasteiger partial charge is 0.490 e. The first kappa shape index (κ1) is 19.6. The maximum Gasteiger partial charge on any atom is 0.490 e. The summed E-state index contributed by atoms with van der Waals surface area (Å²) in [5.41, 5.74) is 4.05. The third-order valence-corrected chi connectivity index (χ3v) is 4.19. The number of aliphatic carboxylic acids is 1. The van der Waals surface area contributed by atoms with E-state index in [1.807, 2.05) is 24.4 Å². The molecule has 148 valence electrons. The van der Waals surface area contributed by atoms with Crippen molar-refractivity contribution >= 4 is 22.6 Å². The quantitative estimate of drug-likeness (QED) is 0.620. The van der Waals surface area contributed by atoms with Gasteiger partial charge in [0, 0.05) is 31.6 Å². The molecule has 4 rings (SSSR count). The number of carboxylic acid groups (broad SMARTS) is 1. The van der Waals surface area contributed by atoms with Crippen LogP contribution >= 0.6 is 0 Å². The number of carbonyl (C=O) groups is 1. The number of hydrogen-bond donors (Lipinski definition) is 3. The molecule has 3 heterocycles. The van der Waals surface area contributed by atoms with Gasteiger partial charge in [-0.25, -0.2) is 4.79 Å². The molecule has 0 atom stereocenters. The maximum atomic E-state index is 10.6. The molecule has 7 nitrogen and oxygen atoms in total. The van der Waals surface area contributed by atoms with Crippen LogP contribution in [0.25, 0.3) is 22.3 Å². The zero-order chi connectivity index (χ0) is 20.1. The highest BCUT2D eigenvalue weighted by molar-refractivity contribution is 5.91. The summed E-state index contributed by atoms with van der Waals surface area (Å²) in [7, 11) is 0. The lowest BCUT2D eigenvalue weighted by Gasteiger charge is -2.29. The van der Waals surface area contributed by atoms with E-state index in [9.17, 15) is 13.2 Å². The Labute approximate surface area is 158 Å². The van der Waals surface area contributed by atoms with E-state index in [1.165, 1.54) is 5.69 Å². The first-order valence-corrected chi connectivity index (χ1v) is 8.51. The minimum Gasteiger partial charge on any atom is -0.475 e. The van der Waals surface area contributed by atoms with Crippen molar-refractivity contribution in [1.29, 1.82) is 0 Å². The molecule has 0 saturated carbocycles. The number of nitrogens with one attached hydrogen (secondary N) is 2. The van der Waals surface area contributed by atoms with Gasteiger partial charge in [0.25, 0.3) is 0 Å². The van der Waals surface area contributed by atoms with Gasteiger partial charge in [-0.05, 0) is 18.2 Å². The molecule has 1 saturated heterocycles. The highest BCUT2D eigenvalue weighted by atomic mass is 19.4. The number of anilines is 1. The monoisotopic (exact) mass is 393 g/mol. The predicted octanol–water partition coefficient (Wildman–Crippen LogP) is 2.67. The van der Waals surface area contributed by atoms with E-state index < -0.39 is 12.1 Å². The number of aromatic nitrogens is 3. The molecule has 1 fully saturated rings. The molecule has 1 aromatic carbocycles. The molecule has 0 unspecified atom stereocenters. The van der Waals surface area contributed by atoms with Crippen LogP contribution in [0.3, 0.4) is 0 Å². The van der Waals surface area contributed by atoms with Crippen molar-refractivity contribution in [2.75, 3.05) is 31.1 Å². The minimum absolute atomic E-state index is 0.909. The number of carboxylic acids is 1. The first-order valence-electron chi connectivity index (χ1n) is 8.51. The lowest BCUT2D eigenvalue weighted by Crippen LogP contribution is -2.43. The number of para-hydroxylation sites is 1. The van der Waals surface area contributed by atoms with Gasteiger partial charge >= 0.3 is 12.1 Å². The van der Waals surface area contributed by atoms with Crippen molar-refractivity contribution in [3.8, 4) is 11.4 Å². The molecular formula is C18H18F3N5O2. The molecule has 3 aromatic rings. The Morgan fingerprint density at radius 2 is 1.79 bits per heavy atom. The zero-order valence-corrected chi connectivity index (χ0v) is 14.7. The van der Waals surface area contributed by atoms with E-state index in [4.69, 9.17) is 9.90 Å². The normalized spacial score (nSPS) is 14.5. The number of pyridine rings is 1. The van der Waals surface area contributed by atoms with Crippen molar-refractivity contribution in [3.05, 3.63) is 42.6 Å². The van der Waals surface area contributed by atoms with Gasteiger partial charge in [0.2, 0.25) is 0 Å². The smallest absolute Gasteiger partial charge is 0.475 e. The molecule has 3 N–H and O–H groups in total. The zero-order valence-electron chi connectivity index (χ0n) is 14.7. The Balaban J connectivity index is 0.000000279. The summed E-state index contributed by atoms with van der Waals surface area (Å²) < 4.78 is 31.7. The second-order valence-corrected chi connectivity index (χ2v) is 6.06. The highest BCUT2D eigenvalue weighted by Gasteiger charge is 2.38. The summed E-state index contributed by atoms with van der Waals surface area (Å²) >= 11 is 0. The van der Waals surface area contributed by atoms with Gasteiger partial charge in [0.1, 0.15) is 5.69 Å². The second-order valence-electron chi connectivity index (χ2n) is 6.06. The lowest BCUT2D eigenvalue weighted by molar-refractivity contribution is -0.192. The van der Waals surface area contributed by atoms with Crippen molar-refractivity contribution in [1.82, 2.24) is 20.5 Å². The SMILES string of the molecule is O=C(O)C(F)(F)F.c1ccc2c(-c3ccc(N4CCNCC4)cn3)n[nH]c2c1. The number of halogens is 3. The number of H-pyrrole nitrogens is 1. The number of rotatable bonds is 2. The Kier molecular flexibility index (Phi) is 5.78. The molecule has 0 amide bonds. The fourth-order valence-corrected chi connectivity index (χ4v) is 2.79. The lowest BCUT2D eigenvalue weighted by atomic mass is 10.1. The first-order chi connectivity index (χ1) is 13.4. The molecule has 0 radical (unpaired) electrons. The van der Waals surface area contributed by atoms with Crippen LogP contribution in [0.5, 0.6) is 0 Å². The van der Waals surface area contributed by atoms with Gasteiger partial charge < -0.3 is 15.3 Å². The standard InChI is InChI=1S/C16H17N5.C2HF3O2/c1-2-4-14-13(3-1)16(20-19-14)15-6-5-12(11-18-15)21-9-7-17-8-10-21;3-2(4,5)1(6)7/h1-6,11,17H,7-10H2,(H,19,20);(H,6,7). The third-order valence-electron chi connectivity index (χ3n) is 4.19. The summed E-state index contributed by atoms with van der Waals surface area (Å²) in [4.78, 5) is 15.9. The molecule has 1 aliphatic rings. The van der Waals surface area contributed by atoms with Gasteiger partial charge in [-0.1, -0.05) is 18.2 Å². The Bertz CT molecular complexity index is 934. The highest BCUT2D eigenvalue weighted by Crippen LogP contribution is 2.25. The molecule has 0 bridgehead atoms. The molecular weight excluding hydrogens is 375 g/mol. The summed E-state index contributed by atoms with van der Waals surface area (Å²) in [6, 6.07) is 12.3. The number of hydrogen-bond acceptors (Lipinski definition) is 5. The average Bonchev–Trinajstić information content (AvgIpc) is 3.13. The van der Waals surface area contributed by atoms with Crippen LogP contribution in [0.15, 0.2) is 42.6 Å². The van der Waals surface area contributed by atoms with Crippen LogP contribution in [0.2, 0.25) is 0 Å². The fourth-order valence-electron chi connectivity index (χ4n) is 2.79. The molecule has 1 aliphatic heterocycles. The summed E-state index contributed by atoms with van der Waals surface area (Å²) in [6.07, 6.45) is -3.13. The van der Waals surface area contributed by atoms with Crippen molar-refractivity contribution in [2.24, 2.45) is 0 Å². The molecule has 10 heteroatoms. The molecule has 2 aromatic heterocycles. The van der Waals surface area contributed by atoms with Gasteiger partial charge in [-0.15, -0.1) is 0 Å².